The summed E-state index contributed by atoms with van der Waals surface area (Å²) in [5, 5.41) is 16.1. The number of piperidine rings is 2. The molecule has 7 nitrogen and oxygen atoms in total. The fourth-order valence-corrected chi connectivity index (χ4v) is 6.68. The zero-order valence-corrected chi connectivity index (χ0v) is 20.0. The van der Waals surface area contributed by atoms with E-state index < -0.39 is 0 Å². The Hall–Kier alpha value is -3.02. The zero-order valence-electron chi connectivity index (χ0n) is 19.2. The Bertz CT molecular complexity index is 1380. The number of benzene rings is 1. The summed E-state index contributed by atoms with van der Waals surface area (Å²) in [4.78, 5) is 14.6. The second-order valence-corrected chi connectivity index (χ2v) is 10.6. The first-order valence-corrected chi connectivity index (χ1v) is 12.4. The summed E-state index contributed by atoms with van der Waals surface area (Å²) in [5.74, 6) is 0. The number of aromatic nitrogens is 4. The standard InChI is InChI=1S/C25H27N7S/c1-30-14-17-8-15(7-16(12-26)24(17)29-30)21-11-23-22(13-27-21)28-25(33-23)32(3)20-9-18-5-4-6-19(10-20)31(18)2/h7-8,11,13-14,18-20H,4-6,9-10H2,1-3H3. The van der Waals surface area contributed by atoms with Gasteiger partial charge in [0, 0.05) is 49.4 Å². The summed E-state index contributed by atoms with van der Waals surface area (Å²) >= 11 is 1.73. The molecule has 5 heterocycles. The second kappa shape index (κ2) is 7.79. The number of hydrogen-bond acceptors (Lipinski definition) is 7. The minimum absolute atomic E-state index is 0.538. The van der Waals surface area contributed by atoms with Crippen LogP contribution >= 0.6 is 11.3 Å². The number of rotatable bonds is 3. The minimum Gasteiger partial charge on any atom is -0.348 e. The molecule has 3 aromatic heterocycles. The molecule has 1 aromatic carbocycles. The Morgan fingerprint density at radius 3 is 2.70 bits per heavy atom. The van der Waals surface area contributed by atoms with Gasteiger partial charge in [-0.25, -0.2) is 4.98 Å². The van der Waals surface area contributed by atoms with Gasteiger partial charge in [-0.1, -0.05) is 17.8 Å². The maximum Gasteiger partial charge on any atom is 0.186 e. The Morgan fingerprint density at radius 1 is 1.15 bits per heavy atom. The predicted octanol–water partition coefficient (Wildman–Crippen LogP) is 4.57. The third kappa shape index (κ3) is 3.47. The van der Waals surface area contributed by atoms with E-state index in [1.165, 1.54) is 32.1 Å². The first kappa shape index (κ1) is 20.6. The van der Waals surface area contributed by atoms with Gasteiger partial charge in [-0.2, -0.15) is 10.4 Å². The average molecular weight is 458 g/mol. The number of anilines is 1. The molecule has 0 radical (unpaired) electrons. The van der Waals surface area contributed by atoms with Crippen molar-refractivity contribution >= 4 is 37.6 Å². The van der Waals surface area contributed by atoms with Crippen molar-refractivity contribution < 1.29 is 0 Å². The number of fused-ring (bicyclic) bond motifs is 4. The summed E-state index contributed by atoms with van der Waals surface area (Å²) in [6.07, 6.45) is 10.2. The number of hydrogen-bond donors (Lipinski definition) is 0. The molecule has 33 heavy (non-hydrogen) atoms. The van der Waals surface area contributed by atoms with Crippen LogP contribution in [0.3, 0.4) is 0 Å². The Labute approximate surface area is 197 Å². The van der Waals surface area contributed by atoms with Crippen LogP contribution in [0.4, 0.5) is 5.13 Å². The second-order valence-electron chi connectivity index (χ2n) is 9.55. The lowest BCUT2D eigenvalue weighted by atomic mass is 9.82. The fourth-order valence-electron chi connectivity index (χ4n) is 5.68. The van der Waals surface area contributed by atoms with E-state index >= 15 is 0 Å². The molecule has 0 N–H and O–H groups in total. The van der Waals surface area contributed by atoms with Crippen molar-refractivity contribution in [3.05, 3.63) is 36.2 Å². The van der Waals surface area contributed by atoms with Gasteiger partial charge in [-0.15, -0.1) is 0 Å². The van der Waals surface area contributed by atoms with E-state index in [9.17, 15) is 5.26 Å². The SMILES string of the molecule is CN(c1nc2cnc(-c3cc(C#N)c4nn(C)cc4c3)cc2s1)C1CC2CCCC(C1)N2C. The van der Waals surface area contributed by atoms with Crippen molar-refractivity contribution in [3.63, 3.8) is 0 Å². The first-order chi connectivity index (χ1) is 16.0. The predicted molar refractivity (Wildman–Crippen MR) is 132 cm³/mol. The lowest BCUT2D eigenvalue weighted by Gasteiger charge is -2.49. The molecule has 6 rings (SSSR count). The highest BCUT2D eigenvalue weighted by Gasteiger charge is 2.38. The monoisotopic (exact) mass is 457 g/mol. The van der Waals surface area contributed by atoms with Gasteiger partial charge in [0.1, 0.15) is 17.1 Å². The highest BCUT2D eigenvalue weighted by atomic mass is 32.1. The van der Waals surface area contributed by atoms with Gasteiger partial charge in [-0.05, 0) is 50.9 Å². The van der Waals surface area contributed by atoms with E-state index in [2.05, 4.69) is 47.2 Å². The maximum absolute atomic E-state index is 9.62. The van der Waals surface area contributed by atoms with Gasteiger partial charge < -0.3 is 9.80 Å². The van der Waals surface area contributed by atoms with Gasteiger partial charge in [0.05, 0.1) is 22.2 Å². The van der Waals surface area contributed by atoms with Crippen molar-refractivity contribution in [1.29, 1.82) is 5.26 Å². The fraction of sp³-hybridized carbons (Fsp3) is 0.440. The summed E-state index contributed by atoms with van der Waals surface area (Å²) in [6, 6.07) is 10.3. The smallest absolute Gasteiger partial charge is 0.186 e. The molecule has 2 bridgehead atoms. The van der Waals surface area contributed by atoms with E-state index in [0.29, 0.717) is 23.7 Å². The molecule has 168 valence electrons. The van der Waals surface area contributed by atoms with E-state index in [4.69, 9.17) is 9.97 Å². The summed E-state index contributed by atoms with van der Waals surface area (Å²) in [7, 11) is 6.38. The van der Waals surface area contributed by atoms with Crippen molar-refractivity contribution in [1.82, 2.24) is 24.6 Å². The van der Waals surface area contributed by atoms with Gasteiger partial charge in [-0.3, -0.25) is 9.67 Å². The van der Waals surface area contributed by atoms with Gasteiger partial charge >= 0.3 is 0 Å². The number of nitrogens with zero attached hydrogens (tertiary/aromatic N) is 7. The number of pyridine rings is 1. The van der Waals surface area contributed by atoms with Crippen LogP contribution in [0.15, 0.2) is 30.6 Å². The molecule has 0 aliphatic carbocycles. The average Bonchev–Trinajstić information content (AvgIpc) is 3.39. The van der Waals surface area contributed by atoms with Crippen molar-refractivity contribution in [2.45, 2.75) is 50.2 Å². The summed E-state index contributed by atoms with van der Waals surface area (Å²) in [5.41, 5.74) is 4.02. The van der Waals surface area contributed by atoms with Gasteiger partial charge in [0.2, 0.25) is 0 Å². The zero-order chi connectivity index (χ0) is 22.7. The molecule has 2 aliphatic heterocycles. The molecule has 0 amide bonds. The summed E-state index contributed by atoms with van der Waals surface area (Å²) < 4.78 is 2.87. The topological polar surface area (TPSA) is 73.9 Å². The minimum atomic E-state index is 0.538. The van der Waals surface area contributed by atoms with Crippen LogP contribution < -0.4 is 4.90 Å². The maximum atomic E-state index is 9.62. The molecule has 2 fully saturated rings. The first-order valence-electron chi connectivity index (χ1n) is 11.6. The summed E-state index contributed by atoms with van der Waals surface area (Å²) in [6.45, 7) is 0. The molecule has 2 saturated heterocycles. The molecule has 0 spiro atoms. The van der Waals surface area contributed by atoms with Crippen molar-refractivity contribution in [2.75, 3.05) is 19.0 Å². The molecule has 2 atom stereocenters. The van der Waals surface area contributed by atoms with Crippen LogP contribution in [0.5, 0.6) is 0 Å². The lowest BCUT2D eigenvalue weighted by Crippen LogP contribution is -2.54. The van der Waals surface area contributed by atoms with Crippen LogP contribution in [-0.2, 0) is 7.05 Å². The van der Waals surface area contributed by atoms with Crippen LogP contribution in [-0.4, -0.2) is 56.9 Å². The van der Waals surface area contributed by atoms with Crippen LogP contribution in [0, 0.1) is 11.3 Å². The molecule has 2 unspecified atom stereocenters. The van der Waals surface area contributed by atoms with Crippen molar-refractivity contribution in [2.24, 2.45) is 7.05 Å². The third-order valence-electron chi connectivity index (χ3n) is 7.57. The van der Waals surface area contributed by atoms with E-state index in [1.807, 2.05) is 25.5 Å². The Kier molecular flexibility index (Phi) is 4.86. The van der Waals surface area contributed by atoms with Crippen LogP contribution in [0.2, 0.25) is 0 Å². The quantitative estimate of drug-likeness (QED) is 0.449. The van der Waals surface area contributed by atoms with Crippen LogP contribution in [0.25, 0.3) is 32.4 Å². The van der Waals surface area contributed by atoms with E-state index in [-0.39, 0.29) is 0 Å². The lowest BCUT2D eigenvalue weighted by molar-refractivity contribution is 0.0559. The van der Waals surface area contributed by atoms with Crippen molar-refractivity contribution in [3.8, 4) is 17.3 Å². The van der Waals surface area contributed by atoms with E-state index in [0.717, 1.165) is 37.5 Å². The third-order valence-corrected chi connectivity index (χ3v) is 8.68. The van der Waals surface area contributed by atoms with Gasteiger partial charge in [0.25, 0.3) is 0 Å². The van der Waals surface area contributed by atoms with E-state index in [1.54, 1.807) is 16.0 Å². The highest BCUT2D eigenvalue weighted by molar-refractivity contribution is 7.22. The highest BCUT2D eigenvalue weighted by Crippen LogP contribution is 2.38. The molecule has 0 saturated carbocycles. The Balaban J connectivity index is 1.32. The largest absolute Gasteiger partial charge is 0.348 e. The molecular weight excluding hydrogens is 430 g/mol. The normalized spacial score (nSPS) is 23.2. The van der Waals surface area contributed by atoms with Gasteiger partial charge in [0.15, 0.2) is 5.13 Å². The molecule has 8 heteroatoms. The Morgan fingerprint density at radius 2 is 1.94 bits per heavy atom. The molecule has 4 aromatic rings. The number of aryl methyl sites for hydroxylation is 1. The van der Waals surface area contributed by atoms with Crippen LogP contribution in [0.1, 0.15) is 37.7 Å². The molecule has 2 aliphatic rings. The number of thiazole rings is 1. The molecular formula is C25H27N7S. The number of nitriles is 1.